The van der Waals surface area contributed by atoms with Crippen LogP contribution in [0.4, 0.5) is 11.8 Å². The molecule has 7 heteroatoms. The van der Waals surface area contributed by atoms with E-state index in [0.717, 1.165) is 41.8 Å². The van der Waals surface area contributed by atoms with Gasteiger partial charge in [0.1, 0.15) is 10.6 Å². The molecule has 1 atom stereocenters. The Kier molecular flexibility index (Phi) is 3.50. The van der Waals surface area contributed by atoms with Gasteiger partial charge in [-0.3, -0.25) is 5.43 Å². The Balaban J connectivity index is 2.08. The van der Waals surface area contributed by atoms with Crippen LogP contribution in [0.3, 0.4) is 0 Å². The van der Waals surface area contributed by atoms with E-state index >= 15 is 0 Å². The summed E-state index contributed by atoms with van der Waals surface area (Å²) in [6, 6.07) is 2.16. The second kappa shape index (κ2) is 5.28. The highest BCUT2D eigenvalue weighted by Gasteiger charge is 2.25. The zero-order chi connectivity index (χ0) is 13.2. The summed E-state index contributed by atoms with van der Waals surface area (Å²) in [7, 11) is 0. The number of nitrogens with one attached hydrogen (secondary N) is 1. The van der Waals surface area contributed by atoms with Crippen LogP contribution in [0.15, 0.2) is 11.4 Å². The molecule has 1 saturated heterocycles. The van der Waals surface area contributed by atoms with E-state index in [-0.39, 0.29) is 12.6 Å². The monoisotopic (exact) mass is 279 g/mol. The molecule has 0 aliphatic carbocycles. The predicted molar refractivity (Wildman–Crippen MR) is 77.3 cm³/mol. The Morgan fingerprint density at radius 2 is 2.37 bits per heavy atom. The molecule has 3 heterocycles. The fourth-order valence-corrected chi connectivity index (χ4v) is 3.35. The van der Waals surface area contributed by atoms with Crippen molar-refractivity contribution in [2.45, 2.75) is 25.3 Å². The summed E-state index contributed by atoms with van der Waals surface area (Å²) in [6.45, 7) is 1.07. The van der Waals surface area contributed by atoms with Crippen molar-refractivity contribution in [1.29, 1.82) is 0 Å². The molecular formula is C12H17N5OS. The van der Waals surface area contributed by atoms with E-state index < -0.39 is 0 Å². The van der Waals surface area contributed by atoms with E-state index in [9.17, 15) is 5.11 Å². The summed E-state index contributed by atoms with van der Waals surface area (Å²) in [5, 5.41) is 12.6. The van der Waals surface area contributed by atoms with Crippen LogP contribution in [0.1, 0.15) is 19.3 Å². The van der Waals surface area contributed by atoms with Crippen LogP contribution in [0.2, 0.25) is 0 Å². The first-order valence-corrected chi connectivity index (χ1v) is 7.31. The summed E-state index contributed by atoms with van der Waals surface area (Å²) in [5.41, 5.74) is 2.52. The van der Waals surface area contributed by atoms with Gasteiger partial charge in [-0.15, -0.1) is 11.3 Å². The van der Waals surface area contributed by atoms with Crippen molar-refractivity contribution in [1.82, 2.24) is 9.97 Å². The third-order valence-electron chi connectivity index (χ3n) is 3.54. The first kappa shape index (κ1) is 12.6. The second-order valence-corrected chi connectivity index (χ2v) is 5.57. The van der Waals surface area contributed by atoms with Crippen LogP contribution in [0, 0.1) is 0 Å². The van der Waals surface area contributed by atoms with Crippen molar-refractivity contribution in [2.24, 2.45) is 5.84 Å². The zero-order valence-electron chi connectivity index (χ0n) is 10.5. The number of hydrogen-bond acceptors (Lipinski definition) is 7. The molecule has 0 radical (unpaired) electrons. The standard InChI is InChI=1S/C12H17N5OS/c13-16-12-14-10(9-4-6-19-11(9)15-12)17-5-2-1-3-8(17)7-18/h4,6,8,18H,1-3,5,7,13H2,(H,14,15,16). The number of rotatable bonds is 3. The van der Waals surface area contributed by atoms with Gasteiger partial charge in [0.2, 0.25) is 5.95 Å². The van der Waals surface area contributed by atoms with Crippen LogP contribution in [-0.4, -0.2) is 34.3 Å². The van der Waals surface area contributed by atoms with Gasteiger partial charge < -0.3 is 10.0 Å². The van der Waals surface area contributed by atoms with E-state index in [1.807, 2.05) is 11.4 Å². The number of nitrogens with zero attached hydrogens (tertiary/aromatic N) is 3. The van der Waals surface area contributed by atoms with Crippen LogP contribution >= 0.6 is 11.3 Å². The van der Waals surface area contributed by atoms with Gasteiger partial charge in [-0.05, 0) is 30.7 Å². The minimum atomic E-state index is 0.136. The molecule has 2 aromatic rings. The number of hydrazine groups is 1. The molecule has 1 aliphatic rings. The Bertz CT molecular complexity index is 572. The molecule has 0 bridgehead atoms. The molecule has 4 N–H and O–H groups in total. The highest BCUT2D eigenvalue weighted by Crippen LogP contribution is 2.32. The Labute approximate surface area is 115 Å². The lowest BCUT2D eigenvalue weighted by molar-refractivity contribution is 0.239. The van der Waals surface area contributed by atoms with Crippen molar-refractivity contribution < 1.29 is 5.11 Å². The average Bonchev–Trinajstić information content (AvgIpc) is 2.94. The smallest absolute Gasteiger partial charge is 0.240 e. The van der Waals surface area contributed by atoms with E-state index in [0.29, 0.717) is 5.95 Å². The third-order valence-corrected chi connectivity index (χ3v) is 4.35. The molecule has 102 valence electrons. The van der Waals surface area contributed by atoms with Crippen molar-refractivity contribution in [2.75, 3.05) is 23.5 Å². The van der Waals surface area contributed by atoms with Gasteiger partial charge >= 0.3 is 0 Å². The largest absolute Gasteiger partial charge is 0.394 e. The quantitative estimate of drug-likeness (QED) is 0.580. The van der Waals surface area contributed by atoms with Crippen LogP contribution in [0.25, 0.3) is 10.2 Å². The predicted octanol–water partition coefficient (Wildman–Crippen LogP) is 1.33. The first-order chi connectivity index (χ1) is 9.33. The van der Waals surface area contributed by atoms with Gasteiger partial charge in [0.25, 0.3) is 0 Å². The van der Waals surface area contributed by atoms with Crippen LogP contribution < -0.4 is 16.2 Å². The first-order valence-electron chi connectivity index (χ1n) is 6.43. The van der Waals surface area contributed by atoms with Crippen molar-refractivity contribution >= 4 is 33.3 Å². The lowest BCUT2D eigenvalue weighted by Gasteiger charge is -2.35. The molecule has 0 spiro atoms. The summed E-state index contributed by atoms with van der Waals surface area (Å²) >= 11 is 1.57. The minimum absolute atomic E-state index is 0.136. The number of nitrogens with two attached hydrogens (primary N) is 1. The molecule has 0 amide bonds. The third kappa shape index (κ3) is 2.24. The minimum Gasteiger partial charge on any atom is -0.394 e. The molecule has 1 fully saturated rings. The van der Waals surface area contributed by atoms with Gasteiger partial charge in [0.05, 0.1) is 18.0 Å². The van der Waals surface area contributed by atoms with Gasteiger partial charge in [-0.25, -0.2) is 10.8 Å². The van der Waals surface area contributed by atoms with Crippen molar-refractivity contribution in [3.05, 3.63) is 11.4 Å². The molecule has 6 nitrogen and oxygen atoms in total. The SMILES string of the molecule is NNc1nc(N2CCCCC2CO)c2ccsc2n1. The molecule has 0 aromatic carbocycles. The number of thiophene rings is 1. The number of aliphatic hydroxyl groups excluding tert-OH is 1. The van der Waals surface area contributed by atoms with Gasteiger partial charge in [-0.1, -0.05) is 0 Å². The summed E-state index contributed by atoms with van der Waals surface area (Å²) < 4.78 is 0. The fourth-order valence-electron chi connectivity index (χ4n) is 2.59. The van der Waals surface area contributed by atoms with Crippen LogP contribution in [0.5, 0.6) is 0 Å². The fraction of sp³-hybridized carbons (Fsp3) is 0.500. The maximum Gasteiger partial charge on any atom is 0.240 e. The van der Waals surface area contributed by atoms with Crippen molar-refractivity contribution in [3.63, 3.8) is 0 Å². The number of aromatic nitrogens is 2. The Morgan fingerprint density at radius 3 is 3.16 bits per heavy atom. The van der Waals surface area contributed by atoms with E-state index in [1.165, 1.54) is 0 Å². The number of fused-ring (bicyclic) bond motifs is 1. The zero-order valence-corrected chi connectivity index (χ0v) is 11.4. The highest BCUT2D eigenvalue weighted by atomic mass is 32.1. The molecule has 19 heavy (non-hydrogen) atoms. The maximum absolute atomic E-state index is 9.55. The van der Waals surface area contributed by atoms with Crippen molar-refractivity contribution in [3.8, 4) is 0 Å². The number of nitrogen functional groups attached to an aromatic ring is 1. The topological polar surface area (TPSA) is 87.3 Å². The average molecular weight is 279 g/mol. The normalized spacial score (nSPS) is 19.9. The Morgan fingerprint density at radius 1 is 1.47 bits per heavy atom. The lowest BCUT2D eigenvalue weighted by atomic mass is 10.0. The molecular weight excluding hydrogens is 262 g/mol. The molecule has 2 aromatic heterocycles. The molecule has 3 rings (SSSR count). The van der Waals surface area contributed by atoms with E-state index in [1.54, 1.807) is 11.3 Å². The second-order valence-electron chi connectivity index (χ2n) is 4.68. The van der Waals surface area contributed by atoms with Gasteiger partial charge in [-0.2, -0.15) is 4.98 Å². The number of hydrogen-bond donors (Lipinski definition) is 3. The lowest BCUT2D eigenvalue weighted by Crippen LogP contribution is -2.42. The number of piperidine rings is 1. The number of aliphatic hydroxyl groups is 1. The van der Waals surface area contributed by atoms with E-state index in [4.69, 9.17) is 5.84 Å². The maximum atomic E-state index is 9.55. The van der Waals surface area contributed by atoms with Crippen LogP contribution in [-0.2, 0) is 0 Å². The summed E-state index contributed by atoms with van der Waals surface area (Å²) in [4.78, 5) is 11.9. The molecule has 1 aliphatic heterocycles. The van der Waals surface area contributed by atoms with Gasteiger partial charge in [0.15, 0.2) is 0 Å². The molecule has 0 saturated carbocycles. The summed E-state index contributed by atoms with van der Waals surface area (Å²) in [6.07, 6.45) is 3.27. The number of anilines is 2. The highest BCUT2D eigenvalue weighted by molar-refractivity contribution is 7.16. The summed E-state index contributed by atoms with van der Waals surface area (Å²) in [5.74, 6) is 6.73. The Hall–Kier alpha value is -1.44. The van der Waals surface area contributed by atoms with Gasteiger partial charge in [0, 0.05) is 6.54 Å². The molecule has 1 unspecified atom stereocenters. The van der Waals surface area contributed by atoms with E-state index in [2.05, 4.69) is 20.3 Å².